The fourth-order valence-corrected chi connectivity index (χ4v) is 11.9. The Bertz CT molecular complexity index is 2430. The van der Waals surface area contributed by atoms with E-state index in [2.05, 4.69) is 36.1 Å². The van der Waals surface area contributed by atoms with E-state index in [0.717, 1.165) is 30.9 Å². The van der Waals surface area contributed by atoms with E-state index >= 15 is 0 Å². The maximum atomic E-state index is 13.6. The molecule has 4 fully saturated rings. The molecule has 631 valence electrons. The molecule has 1 radical (unpaired) electrons. The minimum absolute atomic E-state index is 0. The van der Waals surface area contributed by atoms with Crippen LogP contribution in [0, 0.1) is 17.8 Å². The van der Waals surface area contributed by atoms with Crippen molar-refractivity contribution >= 4 is 76.8 Å². The minimum Gasteiger partial charge on any atom is -0.480 e. The SMILES string of the molecule is CCCCC(CC(CC(CC)C(=O)NCCNC(=O)COC1C(COCC)OC(OCC2OC(OCC3OC(OCC4OC(CC)C(O)C(O)C4O)C(OCC(=O)NCCN)C(O)C3O)C(O)C(O)C2O)C(O)C1O)C(=O)NCCSC)C(=O)NCCSC.CSCCN.O=C(O)COCCOCC(=O)O.[Au]. The summed E-state index contributed by atoms with van der Waals surface area (Å²) < 4.78 is 66.9. The van der Waals surface area contributed by atoms with Crippen molar-refractivity contribution in [3.05, 3.63) is 0 Å². The van der Waals surface area contributed by atoms with Gasteiger partial charge < -0.3 is 156 Å². The number of aliphatic hydroxyl groups excluding tert-OH is 10. The zero-order valence-corrected chi connectivity index (χ0v) is 66.5. The Morgan fingerprint density at radius 3 is 1.33 bits per heavy atom. The average molecular weight is 1790 g/mol. The topological polar surface area (TPSA) is 585 Å². The van der Waals surface area contributed by atoms with Crippen molar-refractivity contribution in [2.24, 2.45) is 29.2 Å². The van der Waals surface area contributed by atoms with Gasteiger partial charge in [-0.2, -0.15) is 35.3 Å². The molecule has 0 aromatic rings. The second-order valence-electron chi connectivity index (χ2n) is 25.0. The number of nitrogens with two attached hydrogens (primary N) is 2. The number of carboxylic acid groups (broad SMARTS) is 2. The van der Waals surface area contributed by atoms with Crippen LogP contribution in [0.4, 0.5) is 0 Å². The summed E-state index contributed by atoms with van der Waals surface area (Å²) in [6, 6.07) is 0. The molecular weight excluding hydrogens is 1670 g/mol. The molecule has 0 aromatic carbocycles. The molecule has 38 nitrogen and oxygen atoms in total. The third-order valence-corrected chi connectivity index (χ3v) is 18.8. The van der Waals surface area contributed by atoms with Crippen molar-refractivity contribution < 1.29 is 174 Å². The van der Waals surface area contributed by atoms with Gasteiger partial charge in [-0.15, -0.1) is 0 Å². The van der Waals surface area contributed by atoms with Crippen LogP contribution in [0.25, 0.3) is 0 Å². The molecule has 23 atom stereocenters. The summed E-state index contributed by atoms with van der Waals surface area (Å²) in [6.45, 7) is 5.36. The molecule has 4 aliphatic heterocycles. The number of hydrogen-bond acceptors (Lipinski definition) is 34. The van der Waals surface area contributed by atoms with Gasteiger partial charge in [-0.3, -0.25) is 24.0 Å². The van der Waals surface area contributed by atoms with Crippen LogP contribution in [0.15, 0.2) is 0 Å². The first-order chi connectivity index (χ1) is 50.6. The van der Waals surface area contributed by atoms with Crippen molar-refractivity contribution in [3.8, 4) is 0 Å². The first-order valence-electron chi connectivity index (χ1n) is 35.6. The van der Waals surface area contributed by atoms with Gasteiger partial charge in [-0.1, -0.05) is 33.6 Å². The normalized spacial score (nSPS) is 29.2. The second-order valence-corrected chi connectivity index (χ2v) is 28.0. The van der Waals surface area contributed by atoms with Gasteiger partial charge in [-0.25, -0.2) is 9.59 Å². The van der Waals surface area contributed by atoms with Crippen molar-refractivity contribution in [3.63, 3.8) is 0 Å². The summed E-state index contributed by atoms with van der Waals surface area (Å²) in [5.74, 6) is -3.09. The molecule has 0 spiro atoms. The van der Waals surface area contributed by atoms with Gasteiger partial charge >= 0.3 is 11.9 Å². The van der Waals surface area contributed by atoms with Crippen molar-refractivity contribution in [1.29, 1.82) is 0 Å². The molecule has 21 N–H and O–H groups in total. The van der Waals surface area contributed by atoms with Gasteiger partial charge in [0.25, 0.3) is 0 Å². The molecule has 0 aromatic heterocycles. The second kappa shape index (κ2) is 58.9. The molecule has 4 saturated heterocycles. The number of thioether (sulfide) groups is 3. The van der Waals surface area contributed by atoms with Crippen LogP contribution in [0.2, 0.25) is 0 Å². The van der Waals surface area contributed by atoms with E-state index in [-0.39, 0.29) is 112 Å². The number of rotatable bonds is 50. The largest absolute Gasteiger partial charge is 0.480 e. The number of nitrogens with one attached hydrogen (secondary N) is 5. The van der Waals surface area contributed by atoms with Crippen LogP contribution >= 0.6 is 35.3 Å². The van der Waals surface area contributed by atoms with Gasteiger partial charge in [0.2, 0.25) is 29.5 Å². The first-order valence-corrected chi connectivity index (χ1v) is 39.7. The van der Waals surface area contributed by atoms with E-state index < -0.39 is 210 Å². The Morgan fingerprint density at radius 1 is 0.421 bits per heavy atom. The van der Waals surface area contributed by atoms with E-state index in [4.69, 9.17) is 69.0 Å². The number of aliphatic carboxylic acids is 2. The summed E-state index contributed by atoms with van der Waals surface area (Å²) in [6.07, 6.45) is -22.6. The van der Waals surface area contributed by atoms with Gasteiger partial charge in [-0.05, 0) is 57.8 Å². The number of aliphatic hydroxyl groups is 10. The molecule has 4 rings (SSSR count). The summed E-state index contributed by atoms with van der Waals surface area (Å²) in [4.78, 5) is 85.7. The predicted octanol–water partition coefficient (Wildman–Crippen LogP) is -6.21. The molecule has 0 aliphatic carbocycles. The van der Waals surface area contributed by atoms with E-state index in [1.165, 1.54) is 0 Å². The Kier molecular flexibility index (Phi) is 56.2. The molecular formula is C65H121AuN7O31S3. The quantitative estimate of drug-likeness (QED) is 0.0199. The molecule has 23 unspecified atom stereocenters. The van der Waals surface area contributed by atoms with Gasteiger partial charge in [0.05, 0.1) is 45.7 Å². The van der Waals surface area contributed by atoms with Crippen LogP contribution in [0.3, 0.4) is 0 Å². The van der Waals surface area contributed by atoms with E-state index in [1.54, 1.807) is 49.1 Å². The average Bonchev–Trinajstić information content (AvgIpc) is 0.798. The third kappa shape index (κ3) is 38.2. The van der Waals surface area contributed by atoms with Crippen LogP contribution in [-0.4, -0.2) is 380 Å². The number of amides is 5. The number of unbranched alkanes of at least 4 members (excludes halogenated alkanes) is 1. The Morgan fingerprint density at radius 2 is 0.841 bits per heavy atom. The standard InChI is InChI=1S/C56H102N6O25S2.C6H10O6.C3H9NS.Au/c1-7-11-12-30(52(76)61-17-19-88-5)22-31(53(77)62-18-20-89-6)21-29(8-2)51(75)60-16-15-59-38(64)27-79-49-36(23-78-10-4)87-55(48(74)46(49)72)82-25-34-41(67)44(70)47(73)54(85-34)81-26-35-42(68)45(71)50(80-28-37(63)58-14-13-57)56(86-35)83-24-33-40(66)43(69)39(65)32(9-3)84-33;7-5(8)3-11-1-2-12-4-6(9)10;1-5-3-2-4;/h29-36,39-50,54-56,65-74H,7-28,57H2,1-6H3,(H,58,63)(H,59,64)(H,60,75)(H,61,76)(H,62,77);1-4H2,(H,7,8)(H,9,10);2-4H2,1H3;. The summed E-state index contributed by atoms with van der Waals surface area (Å²) in [7, 11) is 0. The minimum atomic E-state index is -1.95. The summed E-state index contributed by atoms with van der Waals surface area (Å²) >= 11 is 4.98. The third-order valence-electron chi connectivity index (χ3n) is 17.0. The predicted molar refractivity (Wildman–Crippen MR) is 384 cm³/mol. The Balaban J connectivity index is 0.00000282. The van der Waals surface area contributed by atoms with Crippen LogP contribution in [0.5, 0.6) is 0 Å². The smallest absolute Gasteiger partial charge is 0.329 e. The summed E-state index contributed by atoms with van der Waals surface area (Å²) in [5.41, 5.74) is 10.6. The molecule has 0 saturated carbocycles. The van der Waals surface area contributed by atoms with Gasteiger partial charge in [0.15, 0.2) is 18.9 Å². The van der Waals surface area contributed by atoms with Crippen molar-refractivity contribution in [1.82, 2.24) is 26.6 Å². The number of ether oxygens (including phenoxy) is 12. The fraction of sp³-hybridized carbons (Fsp3) is 0.892. The molecule has 4 aliphatic rings. The number of carboxylic acids is 2. The molecule has 107 heavy (non-hydrogen) atoms. The zero-order valence-electron chi connectivity index (χ0n) is 61.9. The van der Waals surface area contributed by atoms with Crippen LogP contribution in [-0.2, 0) is 113 Å². The molecule has 42 heteroatoms. The van der Waals surface area contributed by atoms with E-state index in [9.17, 15) is 84.6 Å². The first kappa shape index (κ1) is 102. The molecule has 5 amide bonds. The van der Waals surface area contributed by atoms with E-state index in [1.807, 2.05) is 32.6 Å². The van der Waals surface area contributed by atoms with Crippen LogP contribution < -0.4 is 38.1 Å². The molecule has 0 bridgehead atoms. The van der Waals surface area contributed by atoms with E-state index in [0.29, 0.717) is 31.7 Å². The number of hydrogen-bond donors (Lipinski definition) is 19. The van der Waals surface area contributed by atoms with Crippen molar-refractivity contribution in [2.45, 2.75) is 195 Å². The number of carbonyl (C=O) groups is 7. The fourth-order valence-electron chi connectivity index (χ4n) is 11.1. The zero-order chi connectivity index (χ0) is 79.3. The maximum absolute atomic E-state index is 13.6. The van der Waals surface area contributed by atoms with Crippen LogP contribution in [0.1, 0.15) is 72.6 Å². The van der Waals surface area contributed by atoms with Gasteiger partial charge in [0, 0.05) is 110 Å². The number of carbonyl (C=O) groups excluding carboxylic acids is 5. The Hall–Kier alpha value is -2.88. The Labute approximate surface area is 653 Å². The maximum Gasteiger partial charge on any atom is 0.329 e. The monoisotopic (exact) mass is 1790 g/mol. The summed E-state index contributed by atoms with van der Waals surface area (Å²) in [5, 5.41) is 140. The molecule has 4 heterocycles. The van der Waals surface area contributed by atoms with Crippen molar-refractivity contribution in [2.75, 3.05) is 155 Å². The van der Waals surface area contributed by atoms with Gasteiger partial charge in [0.1, 0.15) is 124 Å².